The van der Waals surface area contributed by atoms with Crippen LogP contribution in [-0.2, 0) is 0 Å². The Balaban J connectivity index is 0.941. The van der Waals surface area contributed by atoms with E-state index in [4.69, 9.17) is 4.42 Å². The Morgan fingerprint density at radius 3 is 1.38 bits per heavy atom. The molecule has 0 amide bonds. The first-order chi connectivity index (χ1) is 35.2. The van der Waals surface area contributed by atoms with Gasteiger partial charge in [0.15, 0.2) is 0 Å². The van der Waals surface area contributed by atoms with E-state index in [1.807, 2.05) is 22.7 Å². The quantitative estimate of drug-likeness (QED) is 0.159. The summed E-state index contributed by atoms with van der Waals surface area (Å²) >= 11 is 3.72. The Hall–Kier alpha value is -8.74. The van der Waals surface area contributed by atoms with Crippen molar-refractivity contribution < 1.29 is 4.42 Å². The summed E-state index contributed by atoms with van der Waals surface area (Å²) in [6.45, 7) is 0. The highest BCUT2D eigenvalue weighted by Crippen LogP contribution is 2.49. The summed E-state index contributed by atoms with van der Waals surface area (Å²) in [5.74, 6) is 0. The van der Waals surface area contributed by atoms with E-state index in [1.54, 1.807) is 0 Å². The summed E-state index contributed by atoms with van der Waals surface area (Å²) in [6.07, 6.45) is 0. The molecule has 332 valence electrons. The highest BCUT2D eigenvalue weighted by Gasteiger charge is 2.25. The minimum absolute atomic E-state index is 0.849. The molecule has 0 unspecified atom stereocenters. The van der Waals surface area contributed by atoms with Crippen LogP contribution in [0.2, 0.25) is 0 Å². The average Bonchev–Trinajstić information content (AvgIpc) is 4.21. The summed E-state index contributed by atoms with van der Waals surface area (Å²) in [5.41, 5.74) is 15.3. The predicted molar refractivity (Wildman–Crippen MR) is 305 cm³/mol. The Kier molecular flexibility index (Phi) is 9.00. The number of nitrogens with zero attached hydrogens (tertiary/aromatic N) is 2. The molecule has 0 spiro atoms. The zero-order valence-electron chi connectivity index (χ0n) is 38.2. The number of furan rings is 1. The molecule has 0 saturated carbocycles. The molecule has 0 N–H and O–H groups in total. The van der Waals surface area contributed by atoms with Gasteiger partial charge in [0, 0.05) is 79.0 Å². The third-order valence-corrected chi connectivity index (χ3v) is 16.7. The number of para-hydroxylation sites is 4. The number of hydrogen-bond acceptors (Lipinski definition) is 4. The van der Waals surface area contributed by atoms with Crippen molar-refractivity contribution in [3.63, 3.8) is 0 Å². The molecule has 0 saturated heterocycles. The third kappa shape index (κ3) is 6.20. The highest BCUT2D eigenvalue weighted by atomic mass is 32.1. The molecule has 4 heterocycles. The van der Waals surface area contributed by atoms with Crippen LogP contribution < -0.4 is 4.90 Å². The average molecular weight is 941 g/mol. The van der Waals surface area contributed by atoms with Crippen molar-refractivity contribution in [1.29, 1.82) is 0 Å². The van der Waals surface area contributed by atoms with Crippen LogP contribution in [-0.4, -0.2) is 4.57 Å². The smallest absolute Gasteiger partial charge is 0.145 e. The van der Waals surface area contributed by atoms with E-state index in [0.717, 1.165) is 55.8 Å². The first kappa shape index (κ1) is 40.2. The largest absolute Gasteiger partial charge is 0.455 e. The molecular formula is C66H40N2OS2. The van der Waals surface area contributed by atoms with Crippen LogP contribution >= 0.6 is 22.7 Å². The number of aromatic nitrogens is 1. The van der Waals surface area contributed by atoms with Crippen LogP contribution in [0.15, 0.2) is 247 Å². The summed E-state index contributed by atoms with van der Waals surface area (Å²) < 4.78 is 14.7. The third-order valence-electron chi connectivity index (χ3n) is 14.4. The Morgan fingerprint density at radius 1 is 0.324 bits per heavy atom. The molecule has 0 atom stereocenters. The van der Waals surface area contributed by atoms with Gasteiger partial charge in [0.05, 0.1) is 27.8 Å². The molecule has 0 aliphatic heterocycles. The van der Waals surface area contributed by atoms with E-state index in [0.29, 0.717) is 0 Å². The van der Waals surface area contributed by atoms with Crippen LogP contribution in [0.25, 0.3) is 123 Å². The predicted octanol–water partition coefficient (Wildman–Crippen LogP) is 19.9. The van der Waals surface area contributed by atoms with Crippen LogP contribution in [0, 0.1) is 0 Å². The lowest BCUT2D eigenvalue weighted by Crippen LogP contribution is -2.10. The molecule has 15 aromatic rings. The number of fused-ring (bicyclic) bond motifs is 12. The topological polar surface area (TPSA) is 21.3 Å². The van der Waals surface area contributed by atoms with Crippen molar-refractivity contribution >= 4 is 124 Å². The molecule has 3 nitrogen and oxygen atoms in total. The van der Waals surface area contributed by atoms with Gasteiger partial charge in [0.1, 0.15) is 11.2 Å². The van der Waals surface area contributed by atoms with Gasteiger partial charge in [0.2, 0.25) is 0 Å². The van der Waals surface area contributed by atoms with E-state index >= 15 is 0 Å². The van der Waals surface area contributed by atoms with Crippen LogP contribution in [0.1, 0.15) is 0 Å². The van der Waals surface area contributed by atoms with Crippen molar-refractivity contribution in [2.75, 3.05) is 4.90 Å². The zero-order chi connectivity index (χ0) is 46.6. The first-order valence-corrected chi connectivity index (χ1v) is 25.7. The SMILES string of the molecule is c1ccc(-n2c3ccccc3c3ccccc32)c(-c2ccc(N(c3ccc(-c4cccc5sc6ccccc6c45)cc3)c3ccc(-c4cccc5sc6ccccc6c45)cc3)c3c2oc2ccccc23)c1. The van der Waals surface area contributed by atoms with Gasteiger partial charge in [-0.3, -0.25) is 0 Å². The summed E-state index contributed by atoms with van der Waals surface area (Å²) in [4.78, 5) is 2.42. The molecule has 0 radical (unpaired) electrons. The Labute approximate surface area is 416 Å². The molecule has 0 aliphatic rings. The monoisotopic (exact) mass is 940 g/mol. The summed E-state index contributed by atoms with van der Waals surface area (Å²) in [6, 6.07) is 88.5. The molecule has 15 rings (SSSR count). The molecular weight excluding hydrogens is 901 g/mol. The molecule has 0 fully saturated rings. The lowest BCUT2D eigenvalue weighted by atomic mass is 9.97. The number of thiophene rings is 2. The van der Waals surface area contributed by atoms with E-state index < -0.39 is 0 Å². The van der Waals surface area contributed by atoms with Gasteiger partial charge in [-0.1, -0.05) is 158 Å². The van der Waals surface area contributed by atoms with Gasteiger partial charge >= 0.3 is 0 Å². The number of rotatable bonds is 7. The zero-order valence-corrected chi connectivity index (χ0v) is 39.8. The van der Waals surface area contributed by atoms with Crippen molar-refractivity contribution in [2.45, 2.75) is 0 Å². The summed E-state index contributed by atoms with van der Waals surface area (Å²) in [5, 5.41) is 9.82. The number of hydrogen-bond donors (Lipinski definition) is 0. The second-order valence-corrected chi connectivity index (χ2v) is 20.5. The minimum Gasteiger partial charge on any atom is -0.455 e. The fourth-order valence-electron chi connectivity index (χ4n) is 11.3. The lowest BCUT2D eigenvalue weighted by molar-refractivity contribution is 0.670. The molecule has 4 aromatic heterocycles. The van der Waals surface area contributed by atoms with Crippen molar-refractivity contribution in [3.05, 3.63) is 243 Å². The normalized spacial score (nSPS) is 11.9. The second-order valence-electron chi connectivity index (χ2n) is 18.3. The molecule has 5 heteroatoms. The fourth-order valence-corrected chi connectivity index (χ4v) is 13.6. The first-order valence-electron chi connectivity index (χ1n) is 24.1. The second kappa shape index (κ2) is 15.9. The van der Waals surface area contributed by atoms with Gasteiger partial charge in [-0.2, -0.15) is 0 Å². The fraction of sp³-hybridized carbons (Fsp3) is 0. The maximum atomic E-state index is 7.10. The van der Waals surface area contributed by atoms with Gasteiger partial charge in [-0.05, 0) is 107 Å². The molecule has 0 bridgehead atoms. The van der Waals surface area contributed by atoms with Gasteiger partial charge in [-0.15, -0.1) is 22.7 Å². The molecule has 71 heavy (non-hydrogen) atoms. The number of benzene rings is 11. The molecule has 0 aliphatic carbocycles. The maximum Gasteiger partial charge on any atom is 0.145 e. The van der Waals surface area contributed by atoms with E-state index in [9.17, 15) is 0 Å². The summed E-state index contributed by atoms with van der Waals surface area (Å²) in [7, 11) is 0. The van der Waals surface area contributed by atoms with Crippen LogP contribution in [0.3, 0.4) is 0 Å². The van der Waals surface area contributed by atoms with Gasteiger partial charge in [0.25, 0.3) is 0 Å². The molecule has 11 aromatic carbocycles. The minimum atomic E-state index is 0.849. The number of anilines is 3. The van der Waals surface area contributed by atoms with Crippen LogP contribution in [0.5, 0.6) is 0 Å². The van der Waals surface area contributed by atoms with Crippen molar-refractivity contribution in [1.82, 2.24) is 4.57 Å². The van der Waals surface area contributed by atoms with Gasteiger partial charge < -0.3 is 13.9 Å². The van der Waals surface area contributed by atoms with Crippen molar-refractivity contribution in [2.24, 2.45) is 0 Å². The van der Waals surface area contributed by atoms with Crippen molar-refractivity contribution in [3.8, 4) is 39.1 Å². The van der Waals surface area contributed by atoms with Crippen LogP contribution in [0.4, 0.5) is 17.1 Å². The Bertz CT molecular complexity index is 4380. The Morgan fingerprint density at radius 2 is 0.789 bits per heavy atom. The van der Waals surface area contributed by atoms with E-state index in [-0.39, 0.29) is 0 Å². The highest BCUT2D eigenvalue weighted by molar-refractivity contribution is 7.26. The standard InChI is InChI=1S/C66H40N2OS2/c1-7-23-54-47(15-1)48-16-2-8-24-55(48)68(54)56-25-9-3-17-49(56)50-39-40-57(65-51-18-4-10-26-58(51)69-66(50)65)67(43-35-31-41(32-36-43)45-21-13-29-61-63(45)52-19-5-11-27-59(52)70-61)44-37-33-42(34-38-44)46-22-14-30-62-64(46)53-20-6-12-28-60(53)71-62/h1-40H. The maximum absolute atomic E-state index is 7.10. The van der Waals surface area contributed by atoms with E-state index in [1.165, 1.54) is 84.4 Å². The van der Waals surface area contributed by atoms with E-state index in [2.05, 4.69) is 252 Å². The lowest BCUT2D eigenvalue weighted by Gasteiger charge is -2.27. The van der Waals surface area contributed by atoms with Gasteiger partial charge in [-0.25, -0.2) is 0 Å².